The van der Waals surface area contributed by atoms with E-state index in [-0.39, 0.29) is 5.82 Å². The molecule has 2 fully saturated rings. The third-order valence-corrected chi connectivity index (χ3v) is 5.98. The van der Waals surface area contributed by atoms with E-state index in [1.54, 1.807) is 10.9 Å². The standard InChI is InChI=1S/C14H20N5O6P/c1-3-14-4-5-23-9(10(14)25-26(20,21)22-2)13(24-14)19-7-18-8-11(15)16-6-17-12(8)19/h6-7,9-10,13H,3-5H2,1-2H3,(H,20,21)(H2,15,16,17)/t9-,10?,13+,14+/m0/s1. The number of phosphoric acid groups is 1. The van der Waals surface area contributed by atoms with Crippen LogP contribution < -0.4 is 5.73 Å². The van der Waals surface area contributed by atoms with Gasteiger partial charge in [-0.15, -0.1) is 0 Å². The van der Waals surface area contributed by atoms with Crippen molar-refractivity contribution in [3.63, 3.8) is 0 Å². The van der Waals surface area contributed by atoms with Crippen molar-refractivity contribution in [2.45, 2.75) is 43.8 Å². The third-order valence-electron chi connectivity index (χ3n) is 5.03. The van der Waals surface area contributed by atoms with E-state index < -0.39 is 31.9 Å². The molecule has 2 aromatic heterocycles. The molecule has 2 unspecified atom stereocenters. The lowest BCUT2D eigenvalue weighted by atomic mass is 9.87. The van der Waals surface area contributed by atoms with Crippen molar-refractivity contribution in [2.24, 2.45) is 0 Å². The molecule has 0 aromatic carbocycles. The summed E-state index contributed by atoms with van der Waals surface area (Å²) in [6.45, 7) is 2.38. The molecule has 2 aliphatic heterocycles. The van der Waals surface area contributed by atoms with E-state index in [9.17, 15) is 9.46 Å². The fraction of sp³-hybridized carbons (Fsp3) is 0.643. The molecule has 5 atom stereocenters. The molecule has 0 spiro atoms. The smallest absolute Gasteiger partial charge is 0.382 e. The van der Waals surface area contributed by atoms with Crippen LogP contribution in [0.3, 0.4) is 0 Å². The lowest BCUT2D eigenvalue weighted by Gasteiger charge is -2.37. The Balaban J connectivity index is 1.76. The predicted octanol–water partition coefficient (Wildman–Crippen LogP) is 1.01. The molecule has 142 valence electrons. The predicted molar refractivity (Wildman–Crippen MR) is 88.9 cm³/mol. The normalized spacial score (nSPS) is 33.4. The maximum atomic E-state index is 12.0. The van der Waals surface area contributed by atoms with Gasteiger partial charge in [0.2, 0.25) is 0 Å². The Morgan fingerprint density at radius 2 is 2.31 bits per heavy atom. The first-order valence-electron chi connectivity index (χ1n) is 8.20. The van der Waals surface area contributed by atoms with E-state index in [1.807, 2.05) is 6.92 Å². The quantitative estimate of drug-likeness (QED) is 0.715. The lowest BCUT2D eigenvalue weighted by Crippen LogP contribution is -2.49. The van der Waals surface area contributed by atoms with Gasteiger partial charge in [-0.2, -0.15) is 0 Å². The van der Waals surface area contributed by atoms with Crippen molar-refractivity contribution in [1.29, 1.82) is 0 Å². The summed E-state index contributed by atoms with van der Waals surface area (Å²) in [4.78, 5) is 22.2. The minimum Gasteiger partial charge on any atom is -0.382 e. The van der Waals surface area contributed by atoms with Crippen LogP contribution in [-0.2, 0) is 23.1 Å². The molecule has 2 bridgehead atoms. The number of ether oxygens (including phenoxy) is 2. The summed E-state index contributed by atoms with van der Waals surface area (Å²) in [5, 5.41) is 0. The van der Waals surface area contributed by atoms with Crippen LogP contribution in [0.5, 0.6) is 0 Å². The number of anilines is 1. The van der Waals surface area contributed by atoms with Crippen molar-refractivity contribution in [3.05, 3.63) is 12.7 Å². The van der Waals surface area contributed by atoms with Crippen LogP contribution in [0.15, 0.2) is 12.7 Å². The van der Waals surface area contributed by atoms with Crippen molar-refractivity contribution in [1.82, 2.24) is 19.5 Å². The largest absolute Gasteiger partial charge is 0.472 e. The molecule has 11 nitrogen and oxygen atoms in total. The van der Waals surface area contributed by atoms with Gasteiger partial charge < -0.3 is 20.1 Å². The number of fused-ring (bicyclic) bond motifs is 3. The zero-order valence-electron chi connectivity index (χ0n) is 14.3. The zero-order chi connectivity index (χ0) is 18.5. The van der Waals surface area contributed by atoms with Gasteiger partial charge in [-0.1, -0.05) is 6.92 Å². The minimum atomic E-state index is -4.22. The maximum absolute atomic E-state index is 12.0. The summed E-state index contributed by atoms with van der Waals surface area (Å²) in [5.74, 6) is 0.257. The second-order valence-corrected chi connectivity index (χ2v) is 7.79. The van der Waals surface area contributed by atoms with E-state index in [4.69, 9.17) is 19.7 Å². The Hall–Kier alpha value is -1.62. The molecule has 2 aliphatic rings. The Labute approximate surface area is 149 Å². The number of aromatic nitrogens is 4. The molecule has 4 heterocycles. The number of nitrogens with two attached hydrogens (primary N) is 1. The Kier molecular flexibility index (Phi) is 4.25. The summed E-state index contributed by atoms with van der Waals surface area (Å²) in [6, 6.07) is 0. The average Bonchev–Trinajstić information content (AvgIpc) is 3.11. The highest BCUT2D eigenvalue weighted by Crippen LogP contribution is 2.54. The van der Waals surface area contributed by atoms with Gasteiger partial charge in [0.1, 0.15) is 29.7 Å². The zero-order valence-corrected chi connectivity index (χ0v) is 15.2. The number of hydrogen-bond donors (Lipinski definition) is 2. The average molecular weight is 385 g/mol. The summed E-state index contributed by atoms with van der Waals surface area (Å²) in [5.41, 5.74) is 6.01. The molecule has 4 rings (SSSR count). The van der Waals surface area contributed by atoms with Crippen LogP contribution in [0, 0.1) is 0 Å². The first kappa shape index (κ1) is 17.8. The maximum Gasteiger partial charge on any atom is 0.472 e. The van der Waals surface area contributed by atoms with Crippen LogP contribution in [0.25, 0.3) is 11.2 Å². The van der Waals surface area contributed by atoms with Gasteiger partial charge in [-0.3, -0.25) is 13.6 Å². The van der Waals surface area contributed by atoms with Gasteiger partial charge in [-0.05, 0) is 6.42 Å². The highest BCUT2D eigenvalue weighted by atomic mass is 31.2. The molecule has 26 heavy (non-hydrogen) atoms. The first-order chi connectivity index (χ1) is 12.4. The van der Waals surface area contributed by atoms with Crippen LogP contribution in [-0.4, -0.2) is 55.9 Å². The molecule has 0 aliphatic carbocycles. The van der Waals surface area contributed by atoms with Gasteiger partial charge in [-0.25, -0.2) is 19.5 Å². The van der Waals surface area contributed by atoms with E-state index in [0.29, 0.717) is 30.6 Å². The van der Waals surface area contributed by atoms with Gasteiger partial charge in [0, 0.05) is 13.5 Å². The van der Waals surface area contributed by atoms with Crippen LogP contribution in [0.1, 0.15) is 26.0 Å². The third kappa shape index (κ3) is 2.63. The molecule has 3 N–H and O–H groups in total. The molecule has 2 aromatic rings. The molecular weight excluding hydrogens is 365 g/mol. The van der Waals surface area contributed by atoms with Crippen LogP contribution in [0.2, 0.25) is 0 Å². The minimum absolute atomic E-state index is 0.257. The van der Waals surface area contributed by atoms with Gasteiger partial charge in [0.05, 0.1) is 12.9 Å². The second-order valence-electron chi connectivity index (χ2n) is 6.27. The van der Waals surface area contributed by atoms with Gasteiger partial charge in [0.15, 0.2) is 17.7 Å². The second kappa shape index (κ2) is 6.22. The fourth-order valence-electron chi connectivity index (χ4n) is 3.64. The number of nitrogen functional groups attached to an aromatic ring is 1. The monoisotopic (exact) mass is 385 g/mol. The van der Waals surface area contributed by atoms with E-state index in [2.05, 4.69) is 19.5 Å². The SMILES string of the molecule is CC[C@@]12CCO[C@@H](C1OP(=O)(O)OC)[C@H](n1cnc3c(N)ncnc31)O2. The Morgan fingerprint density at radius 3 is 3.04 bits per heavy atom. The molecule has 12 heteroatoms. The first-order valence-corrected chi connectivity index (χ1v) is 9.69. The van der Waals surface area contributed by atoms with Crippen molar-refractivity contribution in [3.8, 4) is 0 Å². The van der Waals surface area contributed by atoms with Crippen LogP contribution in [0.4, 0.5) is 5.82 Å². The number of hydrogen-bond acceptors (Lipinski definition) is 9. The number of phosphoric ester groups is 1. The number of imidazole rings is 1. The number of rotatable bonds is 5. The Morgan fingerprint density at radius 1 is 1.50 bits per heavy atom. The van der Waals surface area contributed by atoms with Crippen molar-refractivity contribution < 1.29 is 28.0 Å². The van der Waals surface area contributed by atoms with Gasteiger partial charge in [0.25, 0.3) is 0 Å². The highest BCUT2D eigenvalue weighted by molar-refractivity contribution is 7.47. The summed E-state index contributed by atoms with van der Waals surface area (Å²) in [6.07, 6.45) is 1.93. The fourth-order valence-corrected chi connectivity index (χ4v) is 4.32. The molecular formula is C14H20N5O6P. The van der Waals surface area contributed by atoms with Crippen LogP contribution >= 0.6 is 7.82 Å². The van der Waals surface area contributed by atoms with Crippen molar-refractivity contribution in [2.75, 3.05) is 19.5 Å². The highest BCUT2D eigenvalue weighted by Gasteiger charge is 2.60. The molecule has 0 saturated carbocycles. The van der Waals surface area contributed by atoms with E-state index in [1.165, 1.54) is 6.33 Å². The van der Waals surface area contributed by atoms with E-state index >= 15 is 0 Å². The topological polar surface area (TPSA) is 144 Å². The summed E-state index contributed by atoms with van der Waals surface area (Å²) in [7, 11) is -3.10. The lowest BCUT2D eigenvalue weighted by molar-refractivity contribution is -0.120. The molecule has 0 radical (unpaired) electrons. The summed E-state index contributed by atoms with van der Waals surface area (Å²) >= 11 is 0. The Bertz CT molecular complexity index is 877. The number of nitrogens with zero attached hydrogens (tertiary/aromatic N) is 4. The summed E-state index contributed by atoms with van der Waals surface area (Å²) < 4.78 is 35.9. The van der Waals surface area contributed by atoms with E-state index in [0.717, 1.165) is 7.11 Å². The molecule has 2 saturated heterocycles. The molecule has 0 amide bonds. The van der Waals surface area contributed by atoms with Crippen molar-refractivity contribution >= 4 is 24.8 Å². The van der Waals surface area contributed by atoms with Gasteiger partial charge >= 0.3 is 7.82 Å².